The molecule has 0 spiro atoms. The molecule has 0 radical (unpaired) electrons. The van der Waals surface area contributed by atoms with Gasteiger partial charge in [-0.2, -0.15) is 0 Å². The number of hydrogen-bond acceptors (Lipinski definition) is 6. The van der Waals surface area contributed by atoms with Crippen molar-refractivity contribution in [3.63, 3.8) is 0 Å². The maximum Gasteiger partial charge on any atom is 0.323 e. The van der Waals surface area contributed by atoms with E-state index in [1.54, 1.807) is 48.5 Å². The van der Waals surface area contributed by atoms with Crippen LogP contribution in [0.5, 0.6) is 0 Å². The molecular formula is C27H22ClN5O5. The van der Waals surface area contributed by atoms with Gasteiger partial charge in [0.05, 0.1) is 5.69 Å². The van der Waals surface area contributed by atoms with Gasteiger partial charge in [-0.1, -0.05) is 41.9 Å². The second-order valence-electron chi connectivity index (χ2n) is 8.91. The van der Waals surface area contributed by atoms with Crippen molar-refractivity contribution >= 4 is 69.1 Å². The van der Waals surface area contributed by atoms with Crippen molar-refractivity contribution in [3.8, 4) is 0 Å². The summed E-state index contributed by atoms with van der Waals surface area (Å²) in [5, 5.41) is 12.6. The number of amides is 6. The minimum Gasteiger partial charge on any atom is -0.350 e. The molecule has 4 N–H and O–H groups in total. The standard InChI is InChI=1S/C27H22ClN5O5/c1-14-8-9-15(12-18(14)28)29-27(38)31-20-7-3-4-16-17(20)5-2-6-19(16)30-21-13-24(35)33(26(21)37)22-10-11-23(34)32-25(22)36/h2-9,12-13,22,30H,10-11H2,1H3,(H2,29,31,38)(H,32,34,36). The number of imide groups is 2. The Balaban J connectivity index is 1.35. The molecule has 2 aliphatic rings. The van der Waals surface area contributed by atoms with E-state index in [4.69, 9.17) is 11.6 Å². The van der Waals surface area contributed by atoms with Gasteiger partial charge < -0.3 is 16.0 Å². The van der Waals surface area contributed by atoms with Crippen molar-refractivity contribution in [3.05, 3.63) is 77.0 Å². The Hall–Kier alpha value is -4.70. The second-order valence-corrected chi connectivity index (χ2v) is 9.32. The van der Waals surface area contributed by atoms with Crippen LogP contribution in [0.2, 0.25) is 5.02 Å². The number of rotatable bonds is 5. The van der Waals surface area contributed by atoms with Crippen LogP contribution in [0.1, 0.15) is 18.4 Å². The monoisotopic (exact) mass is 531 g/mol. The molecule has 11 heteroatoms. The SMILES string of the molecule is Cc1ccc(NC(=O)Nc2cccc3c(NC4=CC(=O)N(C5CCC(=O)NC5=O)C4=O)cccc23)cc1Cl. The molecule has 2 heterocycles. The summed E-state index contributed by atoms with van der Waals surface area (Å²) in [6.45, 7) is 1.87. The van der Waals surface area contributed by atoms with Gasteiger partial charge >= 0.3 is 6.03 Å². The first kappa shape index (κ1) is 25.0. The highest BCUT2D eigenvalue weighted by atomic mass is 35.5. The number of halogens is 1. The maximum absolute atomic E-state index is 13.0. The van der Waals surface area contributed by atoms with Crippen molar-refractivity contribution < 1.29 is 24.0 Å². The molecule has 0 bridgehead atoms. The third kappa shape index (κ3) is 4.81. The number of nitrogens with zero attached hydrogens (tertiary/aromatic N) is 1. The zero-order valence-corrected chi connectivity index (χ0v) is 20.9. The van der Waals surface area contributed by atoms with Gasteiger partial charge in [-0.15, -0.1) is 0 Å². The number of anilines is 3. The first-order chi connectivity index (χ1) is 18.2. The lowest BCUT2D eigenvalue weighted by atomic mass is 10.0. The number of fused-ring (bicyclic) bond motifs is 1. The van der Waals surface area contributed by atoms with Gasteiger partial charge in [-0.3, -0.25) is 29.4 Å². The largest absolute Gasteiger partial charge is 0.350 e. The topological polar surface area (TPSA) is 137 Å². The number of nitrogens with one attached hydrogen (secondary N) is 4. The lowest BCUT2D eigenvalue weighted by Gasteiger charge is -2.28. The Morgan fingerprint density at radius 1 is 0.974 bits per heavy atom. The molecule has 10 nitrogen and oxygen atoms in total. The number of hydrogen-bond donors (Lipinski definition) is 4. The second kappa shape index (κ2) is 9.98. The van der Waals surface area contributed by atoms with Gasteiger partial charge in [-0.05, 0) is 43.2 Å². The van der Waals surface area contributed by atoms with Crippen molar-refractivity contribution in [2.24, 2.45) is 0 Å². The van der Waals surface area contributed by atoms with E-state index in [9.17, 15) is 24.0 Å². The molecule has 38 heavy (non-hydrogen) atoms. The summed E-state index contributed by atoms with van der Waals surface area (Å²) in [4.78, 5) is 62.9. The summed E-state index contributed by atoms with van der Waals surface area (Å²) in [5.41, 5.74) is 2.48. The molecule has 1 saturated heterocycles. The normalized spacial score (nSPS) is 17.4. The average Bonchev–Trinajstić information content (AvgIpc) is 3.14. The number of urea groups is 1. The van der Waals surface area contributed by atoms with E-state index in [2.05, 4.69) is 21.3 Å². The van der Waals surface area contributed by atoms with E-state index in [1.807, 2.05) is 13.0 Å². The Kier molecular flexibility index (Phi) is 6.56. The average molecular weight is 532 g/mol. The summed E-state index contributed by atoms with van der Waals surface area (Å²) < 4.78 is 0. The van der Waals surface area contributed by atoms with Crippen LogP contribution >= 0.6 is 11.6 Å². The lowest BCUT2D eigenvalue weighted by molar-refractivity contribution is -0.149. The lowest BCUT2D eigenvalue weighted by Crippen LogP contribution is -2.54. The highest BCUT2D eigenvalue weighted by Gasteiger charge is 2.42. The molecule has 1 atom stereocenters. The molecule has 0 saturated carbocycles. The van der Waals surface area contributed by atoms with Gasteiger partial charge in [0, 0.05) is 39.7 Å². The van der Waals surface area contributed by atoms with Crippen molar-refractivity contribution in [2.75, 3.05) is 16.0 Å². The van der Waals surface area contributed by atoms with E-state index >= 15 is 0 Å². The Labute approximate surface area is 222 Å². The fourth-order valence-corrected chi connectivity index (χ4v) is 4.61. The summed E-state index contributed by atoms with van der Waals surface area (Å²) in [6.07, 6.45) is 1.25. The maximum atomic E-state index is 13.0. The Morgan fingerprint density at radius 2 is 1.68 bits per heavy atom. The molecular weight excluding hydrogens is 510 g/mol. The van der Waals surface area contributed by atoms with Crippen LogP contribution in [0.15, 0.2) is 66.4 Å². The number of aryl methyl sites for hydroxylation is 1. The van der Waals surface area contributed by atoms with Crippen LogP contribution in [0.4, 0.5) is 21.9 Å². The van der Waals surface area contributed by atoms with Crippen LogP contribution in [-0.2, 0) is 19.2 Å². The molecule has 0 aromatic heterocycles. The Morgan fingerprint density at radius 3 is 2.39 bits per heavy atom. The summed E-state index contributed by atoms with van der Waals surface area (Å²) in [7, 11) is 0. The minimum atomic E-state index is -1.05. The van der Waals surface area contributed by atoms with E-state index in [-0.39, 0.29) is 18.5 Å². The zero-order chi connectivity index (χ0) is 27.0. The van der Waals surface area contributed by atoms with E-state index in [1.165, 1.54) is 0 Å². The molecule has 3 aromatic carbocycles. The van der Waals surface area contributed by atoms with Gasteiger partial charge in [0.15, 0.2) is 0 Å². The fourth-order valence-electron chi connectivity index (χ4n) is 4.43. The van der Waals surface area contributed by atoms with Gasteiger partial charge in [0.2, 0.25) is 11.8 Å². The third-order valence-corrected chi connectivity index (χ3v) is 6.75. The molecule has 5 rings (SSSR count). The predicted octanol–water partition coefficient (Wildman–Crippen LogP) is 3.92. The van der Waals surface area contributed by atoms with Crippen LogP contribution in [0.3, 0.4) is 0 Å². The smallest absolute Gasteiger partial charge is 0.323 e. The summed E-state index contributed by atoms with van der Waals surface area (Å²) >= 11 is 6.14. The Bertz CT molecular complexity index is 1570. The minimum absolute atomic E-state index is 0.000412. The number of carbonyl (C=O) groups is 5. The van der Waals surface area contributed by atoms with Gasteiger partial charge in [-0.25, -0.2) is 4.79 Å². The van der Waals surface area contributed by atoms with Crippen molar-refractivity contribution in [2.45, 2.75) is 25.8 Å². The van der Waals surface area contributed by atoms with E-state index in [0.29, 0.717) is 32.9 Å². The van der Waals surface area contributed by atoms with Crippen LogP contribution in [0.25, 0.3) is 10.8 Å². The first-order valence-electron chi connectivity index (χ1n) is 11.8. The van der Waals surface area contributed by atoms with Crippen LogP contribution in [0, 0.1) is 6.92 Å². The molecule has 0 aliphatic carbocycles. The quantitative estimate of drug-likeness (QED) is 0.368. The summed E-state index contributed by atoms with van der Waals surface area (Å²) in [6, 6.07) is 14.3. The molecule has 1 fully saturated rings. The van der Waals surface area contributed by atoms with E-state index < -0.39 is 35.7 Å². The van der Waals surface area contributed by atoms with Crippen LogP contribution < -0.4 is 21.3 Å². The highest BCUT2D eigenvalue weighted by Crippen LogP contribution is 2.32. The third-order valence-electron chi connectivity index (χ3n) is 6.35. The van der Waals surface area contributed by atoms with Crippen molar-refractivity contribution in [1.82, 2.24) is 10.2 Å². The number of carbonyl (C=O) groups excluding carboxylic acids is 5. The van der Waals surface area contributed by atoms with Gasteiger partial charge in [0.25, 0.3) is 11.8 Å². The van der Waals surface area contributed by atoms with Crippen molar-refractivity contribution in [1.29, 1.82) is 0 Å². The van der Waals surface area contributed by atoms with Crippen LogP contribution in [-0.4, -0.2) is 40.6 Å². The fraction of sp³-hybridized carbons (Fsp3) is 0.148. The van der Waals surface area contributed by atoms with E-state index in [0.717, 1.165) is 16.5 Å². The number of piperidine rings is 1. The molecule has 3 aromatic rings. The van der Waals surface area contributed by atoms with Gasteiger partial charge in [0.1, 0.15) is 11.7 Å². The molecule has 2 aliphatic heterocycles. The number of benzene rings is 3. The summed E-state index contributed by atoms with van der Waals surface area (Å²) in [5.74, 6) is -2.41. The molecule has 6 amide bonds. The zero-order valence-electron chi connectivity index (χ0n) is 20.1. The first-order valence-corrected chi connectivity index (χ1v) is 12.1. The molecule has 192 valence electrons. The predicted molar refractivity (Wildman–Crippen MR) is 143 cm³/mol. The highest BCUT2D eigenvalue weighted by molar-refractivity contribution is 6.31. The molecule has 1 unspecified atom stereocenters.